The van der Waals surface area contributed by atoms with E-state index in [1.54, 1.807) is 24.3 Å². The van der Waals surface area contributed by atoms with Gasteiger partial charge in [-0.1, -0.05) is 41.4 Å². The van der Waals surface area contributed by atoms with Gasteiger partial charge in [0.25, 0.3) is 5.91 Å². The van der Waals surface area contributed by atoms with E-state index in [1.807, 2.05) is 36.9 Å². The van der Waals surface area contributed by atoms with Gasteiger partial charge in [0.2, 0.25) is 0 Å². The van der Waals surface area contributed by atoms with Crippen LogP contribution in [0.4, 0.5) is 0 Å². The lowest BCUT2D eigenvalue weighted by Crippen LogP contribution is -2.48. The Morgan fingerprint density at radius 3 is 2.54 bits per heavy atom. The summed E-state index contributed by atoms with van der Waals surface area (Å²) in [5.41, 5.74) is 1.35. The molecule has 26 heavy (non-hydrogen) atoms. The van der Waals surface area contributed by atoms with Crippen molar-refractivity contribution in [3.05, 3.63) is 63.6 Å². The number of para-hydroxylation sites is 1. The molecule has 2 aromatic carbocycles. The summed E-state index contributed by atoms with van der Waals surface area (Å²) in [6, 6.07) is 12.5. The van der Waals surface area contributed by atoms with Gasteiger partial charge in [0, 0.05) is 28.7 Å². The SMILES string of the molecule is C[C@@H]1CN(C(=O)c2ccccc2OCc2ccc(Cl)cc2Cl)C[C@@H](C)O1. The second kappa shape index (κ2) is 8.30. The zero-order valence-electron chi connectivity index (χ0n) is 14.7. The van der Waals surface area contributed by atoms with E-state index in [4.69, 9.17) is 32.7 Å². The summed E-state index contributed by atoms with van der Waals surface area (Å²) in [6.45, 7) is 5.35. The van der Waals surface area contributed by atoms with Gasteiger partial charge in [-0.05, 0) is 38.1 Å². The number of rotatable bonds is 4. The average Bonchev–Trinajstić information content (AvgIpc) is 2.60. The fraction of sp³-hybridized carbons (Fsp3) is 0.350. The molecule has 1 amide bonds. The minimum atomic E-state index is -0.0511. The van der Waals surface area contributed by atoms with E-state index in [-0.39, 0.29) is 24.7 Å². The molecule has 2 atom stereocenters. The van der Waals surface area contributed by atoms with E-state index in [9.17, 15) is 4.79 Å². The van der Waals surface area contributed by atoms with E-state index in [0.29, 0.717) is 34.4 Å². The summed E-state index contributed by atoms with van der Waals surface area (Å²) in [4.78, 5) is 14.8. The molecule has 1 heterocycles. The molecular weight excluding hydrogens is 373 g/mol. The van der Waals surface area contributed by atoms with E-state index in [1.165, 1.54) is 0 Å². The van der Waals surface area contributed by atoms with Crippen LogP contribution in [0.2, 0.25) is 10.0 Å². The van der Waals surface area contributed by atoms with Crippen molar-refractivity contribution < 1.29 is 14.3 Å². The topological polar surface area (TPSA) is 38.8 Å². The molecule has 1 aliphatic rings. The summed E-state index contributed by atoms with van der Waals surface area (Å²) in [5.74, 6) is 0.486. The molecule has 0 aliphatic carbocycles. The fourth-order valence-corrected chi connectivity index (χ4v) is 3.54. The van der Waals surface area contributed by atoms with E-state index < -0.39 is 0 Å². The monoisotopic (exact) mass is 393 g/mol. The molecular formula is C20H21Cl2NO3. The van der Waals surface area contributed by atoms with Crippen molar-refractivity contribution in [3.8, 4) is 5.75 Å². The van der Waals surface area contributed by atoms with Gasteiger partial charge in [0.1, 0.15) is 12.4 Å². The Bertz CT molecular complexity index is 786. The first kappa shape index (κ1) is 19.0. The standard InChI is InChI=1S/C20H21Cl2NO3/c1-13-10-23(11-14(2)26-13)20(24)17-5-3-4-6-19(17)25-12-15-7-8-16(21)9-18(15)22/h3-9,13-14H,10-12H2,1-2H3/t13-,14-/m1/s1. The highest BCUT2D eigenvalue weighted by atomic mass is 35.5. The van der Waals surface area contributed by atoms with Crippen LogP contribution in [0, 0.1) is 0 Å². The second-order valence-corrected chi connectivity index (χ2v) is 7.33. The molecule has 1 saturated heterocycles. The highest BCUT2D eigenvalue weighted by Gasteiger charge is 2.28. The molecule has 0 N–H and O–H groups in total. The minimum absolute atomic E-state index is 0.0173. The van der Waals surface area contributed by atoms with Crippen LogP contribution < -0.4 is 4.74 Å². The zero-order chi connectivity index (χ0) is 18.7. The van der Waals surface area contributed by atoms with Crippen LogP contribution in [0.25, 0.3) is 0 Å². The Morgan fingerprint density at radius 2 is 1.85 bits per heavy atom. The van der Waals surface area contributed by atoms with Crippen molar-refractivity contribution in [3.63, 3.8) is 0 Å². The highest BCUT2D eigenvalue weighted by Crippen LogP contribution is 2.26. The summed E-state index contributed by atoms with van der Waals surface area (Å²) >= 11 is 12.1. The smallest absolute Gasteiger partial charge is 0.257 e. The quantitative estimate of drug-likeness (QED) is 0.746. The summed E-state index contributed by atoms with van der Waals surface area (Å²) in [6.07, 6.45) is 0.0345. The molecule has 0 radical (unpaired) electrons. The number of morpholine rings is 1. The predicted molar refractivity (Wildman–Crippen MR) is 103 cm³/mol. The third kappa shape index (κ3) is 4.50. The minimum Gasteiger partial charge on any atom is -0.488 e. The van der Waals surface area contributed by atoms with Crippen LogP contribution >= 0.6 is 23.2 Å². The number of hydrogen-bond donors (Lipinski definition) is 0. The number of halogens is 2. The van der Waals surface area contributed by atoms with E-state index >= 15 is 0 Å². The maximum Gasteiger partial charge on any atom is 0.257 e. The fourth-order valence-electron chi connectivity index (χ4n) is 3.08. The first-order valence-corrected chi connectivity index (χ1v) is 9.30. The molecule has 3 rings (SSSR count). The molecule has 0 spiro atoms. The van der Waals surface area contributed by atoms with Crippen LogP contribution in [-0.4, -0.2) is 36.1 Å². The number of benzene rings is 2. The second-order valence-electron chi connectivity index (χ2n) is 6.49. The van der Waals surface area contributed by atoms with Gasteiger partial charge in [-0.2, -0.15) is 0 Å². The van der Waals surface area contributed by atoms with Crippen molar-refractivity contribution in [2.24, 2.45) is 0 Å². The lowest BCUT2D eigenvalue weighted by Gasteiger charge is -2.35. The van der Waals surface area contributed by atoms with Gasteiger partial charge >= 0.3 is 0 Å². The summed E-state index contributed by atoms with van der Waals surface area (Å²) in [7, 11) is 0. The van der Waals surface area contributed by atoms with Crippen molar-refractivity contribution in [2.75, 3.05) is 13.1 Å². The first-order valence-electron chi connectivity index (χ1n) is 8.54. The van der Waals surface area contributed by atoms with Crippen molar-refractivity contribution in [2.45, 2.75) is 32.7 Å². The maximum absolute atomic E-state index is 13.0. The molecule has 4 nitrogen and oxygen atoms in total. The first-order chi connectivity index (χ1) is 12.4. The van der Waals surface area contributed by atoms with Crippen molar-refractivity contribution >= 4 is 29.1 Å². The number of carbonyl (C=O) groups is 1. The molecule has 0 unspecified atom stereocenters. The lowest BCUT2D eigenvalue weighted by atomic mass is 10.1. The van der Waals surface area contributed by atoms with Gasteiger partial charge in [0.15, 0.2) is 0 Å². The Labute approximate surface area is 163 Å². The largest absolute Gasteiger partial charge is 0.488 e. The van der Waals surface area contributed by atoms with Crippen molar-refractivity contribution in [1.29, 1.82) is 0 Å². The molecule has 0 bridgehead atoms. The van der Waals surface area contributed by atoms with Crippen LogP contribution in [0.15, 0.2) is 42.5 Å². The average molecular weight is 394 g/mol. The normalized spacial score (nSPS) is 20.1. The molecule has 1 fully saturated rings. The number of ether oxygens (including phenoxy) is 2. The van der Waals surface area contributed by atoms with Gasteiger partial charge in [-0.25, -0.2) is 0 Å². The molecule has 0 aromatic heterocycles. The molecule has 0 saturated carbocycles. The molecule has 2 aromatic rings. The molecule has 6 heteroatoms. The van der Waals surface area contributed by atoms with Crippen LogP contribution in [-0.2, 0) is 11.3 Å². The van der Waals surface area contributed by atoms with Gasteiger partial charge in [-0.15, -0.1) is 0 Å². The van der Waals surface area contributed by atoms with E-state index in [2.05, 4.69) is 0 Å². The Kier molecular flexibility index (Phi) is 6.07. The number of amides is 1. The summed E-state index contributed by atoms with van der Waals surface area (Å²) in [5, 5.41) is 1.11. The Morgan fingerprint density at radius 1 is 1.15 bits per heavy atom. The van der Waals surface area contributed by atoms with Crippen molar-refractivity contribution in [1.82, 2.24) is 4.90 Å². The predicted octanol–water partition coefficient (Wildman–Crippen LogP) is 4.82. The Balaban J connectivity index is 1.76. The van der Waals surface area contributed by atoms with Gasteiger partial charge in [-0.3, -0.25) is 4.79 Å². The lowest BCUT2D eigenvalue weighted by molar-refractivity contribution is -0.0586. The molecule has 1 aliphatic heterocycles. The number of nitrogens with zero attached hydrogens (tertiary/aromatic N) is 1. The third-order valence-electron chi connectivity index (χ3n) is 4.22. The number of hydrogen-bond acceptors (Lipinski definition) is 3. The van der Waals surface area contributed by atoms with Crippen LogP contribution in [0.5, 0.6) is 5.75 Å². The van der Waals surface area contributed by atoms with E-state index in [0.717, 1.165) is 5.56 Å². The van der Waals surface area contributed by atoms with Gasteiger partial charge < -0.3 is 14.4 Å². The molecule has 138 valence electrons. The summed E-state index contributed by atoms with van der Waals surface area (Å²) < 4.78 is 11.6. The van der Waals surface area contributed by atoms with Crippen LogP contribution in [0.3, 0.4) is 0 Å². The van der Waals surface area contributed by atoms with Gasteiger partial charge in [0.05, 0.1) is 17.8 Å². The van der Waals surface area contributed by atoms with Crippen LogP contribution in [0.1, 0.15) is 29.8 Å². The number of carbonyl (C=O) groups excluding carboxylic acids is 1. The zero-order valence-corrected chi connectivity index (χ0v) is 16.3. The maximum atomic E-state index is 13.0. The highest BCUT2D eigenvalue weighted by molar-refractivity contribution is 6.35. The Hall–Kier alpha value is -1.75. The third-order valence-corrected chi connectivity index (χ3v) is 4.81.